The Hall–Kier alpha value is 0.210. The van der Waals surface area contributed by atoms with E-state index in [2.05, 4.69) is 6.26 Å². The van der Waals surface area contributed by atoms with Gasteiger partial charge >= 0.3 is 0 Å². The molecule has 0 amide bonds. The molecule has 0 heterocycles. The first-order chi connectivity index (χ1) is 5.33. The molecule has 0 aliphatic carbocycles. The number of hydrogen-bond acceptors (Lipinski definition) is 2. The zero-order chi connectivity index (χ0) is 8.10. The molecule has 0 bridgehead atoms. The Morgan fingerprint density at radius 2 is 1.91 bits per heavy atom. The molecule has 1 aromatic carbocycles. The fraction of sp³-hybridized carbons (Fsp3) is 0.250. The molecule has 0 nitrogen and oxygen atoms in total. The third kappa shape index (κ3) is 3.41. The summed E-state index contributed by atoms with van der Waals surface area (Å²) in [5.74, 6) is 0. The van der Waals surface area contributed by atoms with Crippen LogP contribution in [-0.2, 0) is 0 Å². The highest BCUT2D eigenvalue weighted by atomic mass is 35.5. The molecular weight excluding hydrogens is 196 g/mol. The van der Waals surface area contributed by atoms with Crippen LogP contribution in [0.4, 0.5) is 0 Å². The molecule has 0 aliphatic heterocycles. The summed E-state index contributed by atoms with van der Waals surface area (Å²) >= 11 is 9.40. The third-order valence-electron chi connectivity index (χ3n) is 1.16. The summed E-state index contributed by atoms with van der Waals surface area (Å²) in [4.78, 5) is 1.28. The lowest BCUT2D eigenvalue weighted by atomic mass is 10.4. The van der Waals surface area contributed by atoms with Crippen molar-refractivity contribution >= 4 is 35.1 Å². The highest BCUT2D eigenvalue weighted by Gasteiger charge is 1.91. The SMILES string of the molecule is CSCSc1ccc(Cl)cc1. The summed E-state index contributed by atoms with van der Waals surface area (Å²) < 4.78 is 0. The first-order valence-electron chi connectivity index (χ1n) is 3.20. The monoisotopic (exact) mass is 204 g/mol. The summed E-state index contributed by atoms with van der Waals surface area (Å²) in [6.07, 6.45) is 2.10. The van der Waals surface area contributed by atoms with E-state index >= 15 is 0 Å². The van der Waals surface area contributed by atoms with Gasteiger partial charge in [-0.25, -0.2) is 0 Å². The quantitative estimate of drug-likeness (QED) is 0.543. The second-order valence-corrected chi connectivity index (χ2v) is 4.72. The van der Waals surface area contributed by atoms with Crippen molar-refractivity contribution in [1.82, 2.24) is 0 Å². The largest absolute Gasteiger partial charge is 0.154 e. The van der Waals surface area contributed by atoms with Crippen LogP contribution in [0.5, 0.6) is 0 Å². The Bertz CT molecular complexity index is 208. The van der Waals surface area contributed by atoms with Gasteiger partial charge in [-0.3, -0.25) is 0 Å². The lowest BCUT2D eigenvalue weighted by Gasteiger charge is -1.97. The van der Waals surface area contributed by atoms with Crippen molar-refractivity contribution in [1.29, 1.82) is 0 Å². The Morgan fingerprint density at radius 3 is 2.45 bits per heavy atom. The number of halogens is 1. The topological polar surface area (TPSA) is 0 Å². The van der Waals surface area contributed by atoms with Crippen LogP contribution in [0.2, 0.25) is 5.02 Å². The van der Waals surface area contributed by atoms with Gasteiger partial charge < -0.3 is 0 Å². The molecule has 0 unspecified atom stereocenters. The van der Waals surface area contributed by atoms with E-state index in [9.17, 15) is 0 Å². The van der Waals surface area contributed by atoms with Crippen LogP contribution < -0.4 is 0 Å². The Balaban J connectivity index is 2.52. The molecule has 1 aromatic rings. The van der Waals surface area contributed by atoms with Crippen molar-refractivity contribution in [3.8, 4) is 0 Å². The second kappa shape index (κ2) is 4.96. The molecule has 0 fully saturated rings. The molecule has 0 aliphatic rings. The van der Waals surface area contributed by atoms with E-state index in [4.69, 9.17) is 11.6 Å². The minimum absolute atomic E-state index is 0.804. The highest BCUT2D eigenvalue weighted by molar-refractivity contribution is 8.15. The standard InChI is InChI=1S/C8H9ClS2/c1-10-6-11-8-4-2-7(9)3-5-8/h2-5H,6H2,1H3. The molecule has 3 heteroatoms. The lowest BCUT2D eigenvalue weighted by molar-refractivity contribution is 1.47. The maximum absolute atomic E-state index is 5.73. The van der Waals surface area contributed by atoms with E-state index in [0.717, 1.165) is 10.1 Å². The number of thioether (sulfide) groups is 2. The maximum Gasteiger partial charge on any atom is 0.0436 e. The fourth-order valence-electron chi connectivity index (χ4n) is 0.658. The zero-order valence-electron chi connectivity index (χ0n) is 6.21. The van der Waals surface area contributed by atoms with Gasteiger partial charge in [0.25, 0.3) is 0 Å². The molecule has 11 heavy (non-hydrogen) atoms. The van der Waals surface area contributed by atoms with Gasteiger partial charge in [-0.2, -0.15) is 11.8 Å². The zero-order valence-corrected chi connectivity index (χ0v) is 8.60. The molecule has 0 aromatic heterocycles. The van der Waals surface area contributed by atoms with Crippen LogP contribution in [-0.4, -0.2) is 11.3 Å². The fourth-order valence-corrected chi connectivity index (χ4v) is 2.13. The van der Waals surface area contributed by atoms with Crippen molar-refractivity contribution in [2.45, 2.75) is 4.90 Å². The first-order valence-corrected chi connectivity index (χ1v) is 5.96. The lowest BCUT2D eigenvalue weighted by Crippen LogP contribution is -1.71. The van der Waals surface area contributed by atoms with Crippen LogP contribution in [0.25, 0.3) is 0 Å². The van der Waals surface area contributed by atoms with Crippen molar-refractivity contribution in [2.75, 3.05) is 11.3 Å². The van der Waals surface area contributed by atoms with Gasteiger partial charge in [-0.1, -0.05) is 11.6 Å². The average molecular weight is 205 g/mol. The van der Waals surface area contributed by atoms with E-state index in [0.29, 0.717) is 0 Å². The van der Waals surface area contributed by atoms with Gasteiger partial charge in [0.1, 0.15) is 0 Å². The van der Waals surface area contributed by atoms with Crippen molar-refractivity contribution in [2.24, 2.45) is 0 Å². The smallest absolute Gasteiger partial charge is 0.0436 e. The summed E-state index contributed by atoms with van der Waals surface area (Å²) in [5.41, 5.74) is 0. The predicted molar refractivity (Wildman–Crippen MR) is 55.7 cm³/mol. The van der Waals surface area contributed by atoms with Gasteiger partial charge in [-0.05, 0) is 30.5 Å². The van der Waals surface area contributed by atoms with E-state index < -0.39 is 0 Å². The van der Waals surface area contributed by atoms with Gasteiger partial charge in [0.15, 0.2) is 0 Å². The minimum Gasteiger partial charge on any atom is -0.154 e. The molecule has 1 rings (SSSR count). The molecular formula is C8H9ClS2. The molecule has 0 radical (unpaired) electrons. The van der Waals surface area contributed by atoms with Crippen LogP contribution in [0, 0.1) is 0 Å². The number of benzene rings is 1. The van der Waals surface area contributed by atoms with Gasteiger partial charge in [-0.15, -0.1) is 11.8 Å². The van der Waals surface area contributed by atoms with Crippen LogP contribution in [0.3, 0.4) is 0 Å². The normalized spacial score (nSPS) is 10.0. The molecule has 0 N–H and O–H groups in total. The number of hydrogen-bond donors (Lipinski definition) is 0. The van der Waals surface area contributed by atoms with E-state index in [-0.39, 0.29) is 0 Å². The molecule has 0 spiro atoms. The first kappa shape index (κ1) is 9.30. The third-order valence-corrected chi connectivity index (χ3v) is 3.43. The van der Waals surface area contributed by atoms with E-state index in [1.807, 2.05) is 47.8 Å². The van der Waals surface area contributed by atoms with E-state index in [1.165, 1.54) is 4.90 Å². The Kier molecular flexibility index (Phi) is 4.20. The van der Waals surface area contributed by atoms with Crippen LogP contribution in [0.1, 0.15) is 0 Å². The Labute approximate surface area is 80.7 Å². The van der Waals surface area contributed by atoms with Gasteiger partial charge in [0.2, 0.25) is 0 Å². The summed E-state index contributed by atoms with van der Waals surface area (Å²) in [5, 5.41) is 1.90. The van der Waals surface area contributed by atoms with Crippen molar-refractivity contribution in [3.63, 3.8) is 0 Å². The van der Waals surface area contributed by atoms with Gasteiger partial charge in [0.05, 0.1) is 0 Å². The van der Waals surface area contributed by atoms with Gasteiger partial charge in [0, 0.05) is 15.0 Å². The predicted octanol–water partition coefficient (Wildman–Crippen LogP) is 3.75. The molecule has 0 saturated carbocycles. The minimum atomic E-state index is 0.804. The molecule has 0 atom stereocenters. The van der Waals surface area contributed by atoms with Crippen LogP contribution in [0.15, 0.2) is 29.2 Å². The average Bonchev–Trinajstić information content (AvgIpc) is 2.04. The highest BCUT2D eigenvalue weighted by Crippen LogP contribution is 2.22. The second-order valence-electron chi connectivity index (χ2n) is 2.00. The van der Waals surface area contributed by atoms with Crippen molar-refractivity contribution < 1.29 is 0 Å². The summed E-state index contributed by atoms with van der Waals surface area (Å²) in [6.45, 7) is 0. The van der Waals surface area contributed by atoms with Crippen molar-refractivity contribution in [3.05, 3.63) is 29.3 Å². The Morgan fingerprint density at radius 1 is 1.27 bits per heavy atom. The van der Waals surface area contributed by atoms with Crippen LogP contribution >= 0.6 is 35.1 Å². The van der Waals surface area contributed by atoms with E-state index in [1.54, 1.807) is 0 Å². The molecule has 60 valence electrons. The summed E-state index contributed by atoms with van der Waals surface area (Å²) in [6, 6.07) is 7.93. The summed E-state index contributed by atoms with van der Waals surface area (Å²) in [7, 11) is 0. The maximum atomic E-state index is 5.73. The molecule has 0 saturated heterocycles. The number of rotatable bonds is 3.